The molecule has 0 bridgehead atoms. The number of hydrogen-bond donors (Lipinski definition) is 0. The molecule has 1 aromatic heterocycles. The van der Waals surface area contributed by atoms with Crippen LogP contribution in [0.2, 0.25) is 5.02 Å². The molecule has 2 aromatic rings. The lowest BCUT2D eigenvalue weighted by Gasteiger charge is -2.11. The summed E-state index contributed by atoms with van der Waals surface area (Å²) in [5.41, 5.74) is 0.821. The number of nitrogens with zero attached hydrogens (tertiary/aromatic N) is 2. The molecule has 0 amide bonds. The Bertz CT molecular complexity index is 784. The summed E-state index contributed by atoms with van der Waals surface area (Å²) >= 11 is 6.01. The fourth-order valence-corrected chi connectivity index (χ4v) is 3.46. The third-order valence-corrected chi connectivity index (χ3v) is 5.25. The van der Waals surface area contributed by atoms with Gasteiger partial charge in [-0.05, 0) is 26.0 Å². The molecule has 2 rings (SSSR count). The van der Waals surface area contributed by atoms with Crippen molar-refractivity contribution in [2.75, 3.05) is 14.2 Å². The maximum Gasteiger partial charge on any atom is 0.283 e. The van der Waals surface area contributed by atoms with Crippen molar-refractivity contribution in [2.24, 2.45) is 0 Å². The van der Waals surface area contributed by atoms with E-state index in [-0.39, 0.29) is 4.90 Å². The second-order valence-corrected chi connectivity index (χ2v) is 6.49. The smallest absolute Gasteiger partial charge is 0.283 e. The average Bonchev–Trinajstić information content (AvgIpc) is 2.74. The molecule has 0 aliphatic carbocycles. The van der Waals surface area contributed by atoms with Crippen LogP contribution in [-0.2, 0) is 10.0 Å². The summed E-state index contributed by atoms with van der Waals surface area (Å²) in [6, 6.07) is 4.35. The SMILES string of the molecule is COc1ccc(S(=O)(=O)n2nc(C)c(Cl)c2C)cc1OC. The Morgan fingerprint density at radius 1 is 1.14 bits per heavy atom. The number of aryl methyl sites for hydroxylation is 1. The van der Waals surface area contributed by atoms with Crippen molar-refractivity contribution in [3.8, 4) is 11.5 Å². The first-order chi connectivity index (χ1) is 9.82. The predicted molar refractivity (Wildman–Crippen MR) is 78.8 cm³/mol. The quantitative estimate of drug-likeness (QED) is 0.861. The van der Waals surface area contributed by atoms with E-state index in [4.69, 9.17) is 21.1 Å². The lowest BCUT2D eigenvalue weighted by atomic mass is 10.3. The third-order valence-electron chi connectivity index (χ3n) is 3.04. The first-order valence-electron chi connectivity index (χ1n) is 6.02. The van der Waals surface area contributed by atoms with Crippen molar-refractivity contribution in [1.82, 2.24) is 9.19 Å². The summed E-state index contributed by atoms with van der Waals surface area (Å²) in [4.78, 5) is 0.0439. The van der Waals surface area contributed by atoms with E-state index in [0.29, 0.717) is 27.9 Å². The molecule has 0 saturated heterocycles. The molecule has 0 unspecified atom stereocenters. The van der Waals surface area contributed by atoms with Gasteiger partial charge in [-0.1, -0.05) is 11.6 Å². The lowest BCUT2D eigenvalue weighted by Crippen LogP contribution is -2.16. The lowest BCUT2D eigenvalue weighted by molar-refractivity contribution is 0.354. The van der Waals surface area contributed by atoms with Gasteiger partial charge < -0.3 is 9.47 Å². The Kier molecular flexibility index (Phi) is 4.15. The summed E-state index contributed by atoms with van der Waals surface area (Å²) in [6.07, 6.45) is 0. The second kappa shape index (κ2) is 5.57. The molecule has 1 heterocycles. The van der Waals surface area contributed by atoms with Crippen LogP contribution < -0.4 is 9.47 Å². The molecule has 0 radical (unpaired) electrons. The predicted octanol–water partition coefficient (Wildman–Crippen LogP) is 2.41. The maximum absolute atomic E-state index is 12.6. The van der Waals surface area contributed by atoms with E-state index in [2.05, 4.69) is 5.10 Å². The minimum atomic E-state index is -3.84. The molecule has 0 fully saturated rings. The highest BCUT2D eigenvalue weighted by Crippen LogP contribution is 2.31. The molecule has 6 nitrogen and oxygen atoms in total. The molecule has 0 N–H and O–H groups in total. The summed E-state index contributed by atoms with van der Waals surface area (Å²) in [6.45, 7) is 3.25. The highest BCUT2D eigenvalue weighted by Gasteiger charge is 2.24. The van der Waals surface area contributed by atoms with Crippen LogP contribution in [0.25, 0.3) is 0 Å². The van der Waals surface area contributed by atoms with Gasteiger partial charge in [0.2, 0.25) is 0 Å². The van der Waals surface area contributed by atoms with E-state index in [0.717, 1.165) is 4.09 Å². The van der Waals surface area contributed by atoms with Crippen LogP contribution in [0.4, 0.5) is 0 Å². The average molecular weight is 331 g/mol. The monoisotopic (exact) mass is 330 g/mol. The number of benzene rings is 1. The topological polar surface area (TPSA) is 70.4 Å². The van der Waals surface area contributed by atoms with Gasteiger partial charge in [0, 0.05) is 6.07 Å². The van der Waals surface area contributed by atoms with Crippen LogP contribution in [0.5, 0.6) is 11.5 Å². The molecule has 1 aromatic carbocycles. The minimum Gasteiger partial charge on any atom is -0.493 e. The van der Waals surface area contributed by atoms with Crippen molar-refractivity contribution in [1.29, 1.82) is 0 Å². The standard InChI is InChI=1S/C13H15ClN2O4S/c1-8-13(14)9(2)16(15-8)21(17,18)10-5-6-11(19-3)12(7-10)20-4/h5-7H,1-4H3. The van der Waals surface area contributed by atoms with Gasteiger partial charge in [0.05, 0.1) is 35.5 Å². The first-order valence-corrected chi connectivity index (χ1v) is 7.84. The van der Waals surface area contributed by atoms with Crippen LogP contribution in [0.1, 0.15) is 11.4 Å². The van der Waals surface area contributed by atoms with E-state index in [1.54, 1.807) is 13.8 Å². The van der Waals surface area contributed by atoms with Gasteiger partial charge in [-0.15, -0.1) is 0 Å². The molecule has 114 valence electrons. The highest BCUT2D eigenvalue weighted by molar-refractivity contribution is 7.89. The molecular weight excluding hydrogens is 316 g/mol. The number of methoxy groups -OCH3 is 2. The molecule has 0 atom stereocenters. The van der Waals surface area contributed by atoms with E-state index in [1.807, 2.05) is 0 Å². The van der Waals surface area contributed by atoms with Crippen molar-refractivity contribution in [2.45, 2.75) is 18.7 Å². The van der Waals surface area contributed by atoms with Crippen LogP contribution >= 0.6 is 11.6 Å². The third kappa shape index (κ3) is 2.58. The summed E-state index contributed by atoms with van der Waals surface area (Å²) in [5, 5.41) is 4.31. The van der Waals surface area contributed by atoms with E-state index >= 15 is 0 Å². The Morgan fingerprint density at radius 2 is 1.76 bits per heavy atom. The summed E-state index contributed by atoms with van der Waals surface area (Å²) < 4.78 is 36.4. The van der Waals surface area contributed by atoms with Crippen LogP contribution in [0.15, 0.2) is 23.1 Å². The normalized spacial score (nSPS) is 11.5. The van der Waals surface area contributed by atoms with E-state index in [1.165, 1.54) is 32.4 Å². The summed E-state index contributed by atoms with van der Waals surface area (Å²) in [5.74, 6) is 0.772. The first kappa shape index (κ1) is 15.7. The zero-order chi connectivity index (χ0) is 15.8. The fraction of sp³-hybridized carbons (Fsp3) is 0.308. The number of rotatable bonds is 4. The van der Waals surface area contributed by atoms with Gasteiger partial charge in [-0.2, -0.15) is 17.6 Å². The fourth-order valence-electron chi connectivity index (χ4n) is 1.91. The van der Waals surface area contributed by atoms with Crippen molar-refractivity contribution in [3.63, 3.8) is 0 Å². The molecule has 0 aliphatic heterocycles. The second-order valence-electron chi connectivity index (χ2n) is 4.35. The van der Waals surface area contributed by atoms with Crippen molar-refractivity contribution < 1.29 is 17.9 Å². The van der Waals surface area contributed by atoms with Crippen LogP contribution in [0, 0.1) is 13.8 Å². The Labute approximate surface area is 128 Å². The van der Waals surface area contributed by atoms with Crippen LogP contribution in [-0.4, -0.2) is 31.8 Å². The Morgan fingerprint density at radius 3 is 2.24 bits per heavy atom. The largest absolute Gasteiger partial charge is 0.493 e. The molecule has 8 heteroatoms. The van der Waals surface area contributed by atoms with Gasteiger partial charge in [-0.25, -0.2) is 0 Å². The Balaban J connectivity index is 2.61. The number of hydrogen-bond acceptors (Lipinski definition) is 5. The van der Waals surface area contributed by atoms with Crippen LogP contribution in [0.3, 0.4) is 0 Å². The Hall–Kier alpha value is -1.73. The molecule has 0 aliphatic rings. The van der Waals surface area contributed by atoms with Gasteiger partial charge in [-0.3, -0.25) is 0 Å². The molecular formula is C13H15ClN2O4S. The van der Waals surface area contributed by atoms with Gasteiger partial charge in [0.25, 0.3) is 10.0 Å². The van der Waals surface area contributed by atoms with Gasteiger partial charge >= 0.3 is 0 Å². The van der Waals surface area contributed by atoms with E-state index < -0.39 is 10.0 Å². The van der Waals surface area contributed by atoms with Gasteiger partial charge in [0.1, 0.15) is 0 Å². The zero-order valence-corrected chi connectivity index (χ0v) is 13.6. The summed E-state index contributed by atoms with van der Waals surface area (Å²) in [7, 11) is -0.925. The molecule has 0 spiro atoms. The molecule has 21 heavy (non-hydrogen) atoms. The highest BCUT2D eigenvalue weighted by atomic mass is 35.5. The zero-order valence-electron chi connectivity index (χ0n) is 12.0. The van der Waals surface area contributed by atoms with Crippen molar-refractivity contribution in [3.05, 3.63) is 34.6 Å². The van der Waals surface area contributed by atoms with E-state index in [9.17, 15) is 8.42 Å². The maximum atomic E-state index is 12.6. The van der Waals surface area contributed by atoms with Gasteiger partial charge in [0.15, 0.2) is 11.5 Å². The minimum absolute atomic E-state index is 0.0439. The number of halogens is 1. The molecule has 0 saturated carbocycles. The number of ether oxygens (including phenoxy) is 2. The van der Waals surface area contributed by atoms with Crippen molar-refractivity contribution >= 4 is 21.6 Å². The number of aromatic nitrogens is 2.